The van der Waals surface area contributed by atoms with Gasteiger partial charge >= 0.3 is 0 Å². The number of rotatable bonds is 4. The predicted molar refractivity (Wildman–Crippen MR) is 98.6 cm³/mol. The lowest BCUT2D eigenvalue weighted by Gasteiger charge is -2.39. The van der Waals surface area contributed by atoms with Crippen LogP contribution < -0.4 is 4.90 Å². The number of aliphatic hydroxyl groups is 1. The van der Waals surface area contributed by atoms with Crippen LogP contribution in [0.4, 0.5) is 5.82 Å². The molecule has 0 amide bonds. The average Bonchev–Trinajstić information content (AvgIpc) is 3.06. The minimum absolute atomic E-state index is 0.483. The summed E-state index contributed by atoms with van der Waals surface area (Å²) >= 11 is 0. The van der Waals surface area contributed by atoms with Crippen molar-refractivity contribution in [2.45, 2.75) is 24.9 Å². The van der Waals surface area contributed by atoms with Crippen LogP contribution in [0.25, 0.3) is 11.4 Å². The second-order valence-corrected chi connectivity index (χ2v) is 6.89. The van der Waals surface area contributed by atoms with E-state index in [1.54, 1.807) is 12.5 Å². The average molecular weight is 350 g/mol. The van der Waals surface area contributed by atoms with Crippen LogP contribution in [0.3, 0.4) is 0 Å². The van der Waals surface area contributed by atoms with Crippen LogP contribution >= 0.6 is 0 Å². The molecule has 0 aliphatic carbocycles. The first-order valence-electron chi connectivity index (χ1n) is 8.82. The Kier molecular flexibility index (Phi) is 4.38. The molecule has 26 heavy (non-hydrogen) atoms. The molecule has 134 valence electrons. The van der Waals surface area contributed by atoms with E-state index in [0.717, 1.165) is 36.6 Å². The lowest BCUT2D eigenvalue weighted by Crippen LogP contribution is -2.50. The normalized spacial score (nSPS) is 20.3. The molecular formula is C19H22N6O. The highest BCUT2D eigenvalue weighted by Gasteiger charge is 2.35. The first-order valence-corrected chi connectivity index (χ1v) is 8.82. The first kappa shape index (κ1) is 16.7. The summed E-state index contributed by atoms with van der Waals surface area (Å²) in [6.45, 7) is 1.39. The van der Waals surface area contributed by atoms with E-state index < -0.39 is 5.60 Å². The number of hydrogen-bond donors (Lipinski definition) is 1. The van der Waals surface area contributed by atoms with Gasteiger partial charge in [-0.1, -0.05) is 30.3 Å². The topological polar surface area (TPSA) is 80.0 Å². The lowest BCUT2D eigenvalue weighted by molar-refractivity contribution is 0.0236. The molecule has 0 radical (unpaired) electrons. The Morgan fingerprint density at radius 2 is 2.04 bits per heavy atom. The smallest absolute Gasteiger partial charge is 0.161 e. The molecule has 1 atom stereocenters. The summed E-state index contributed by atoms with van der Waals surface area (Å²) in [6.07, 6.45) is 5.57. The molecule has 3 aromatic rings. The van der Waals surface area contributed by atoms with Gasteiger partial charge < -0.3 is 14.6 Å². The molecule has 1 aromatic carbocycles. The van der Waals surface area contributed by atoms with Crippen molar-refractivity contribution in [1.82, 2.24) is 24.7 Å². The molecule has 0 saturated carbocycles. The zero-order valence-corrected chi connectivity index (χ0v) is 14.8. The third kappa shape index (κ3) is 3.43. The molecule has 2 aromatic heterocycles. The van der Waals surface area contributed by atoms with Crippen molar-refractivity contribution >= 4 is 5.82 Å². The summed E-state index contributed by atoms with van der Waals surface area (Å²) in [7, 11) is 1.90. The molecule has 1 saturated heterocycles. The molecule has 0 spiro atoms. The standard InChI is InChI=1S/C19H22N6O/c1-24-14-21-23-17(24)12-19(26)9-5-11-25(13-19)16-8-10-20-18(22-16)15-6-3-2-4-7-15/h2-4,6-8,10,14,26H,5,9,11-13H2,1H3. The number of aryl methyl sites for hydroxylation is 1. The highest BCUT2D eigenvalue weighted by Crippen LogP contribution is 2.28. The van der Waals surface area contributed by atoms with Gasteiger partial charge in [0.1, 0.15) is 18.0 Å². The fraction of sp³-hybridized carbons (Fsp3) is 0.368. The minimum atomic E-state index is -0.836. The second kappa shape index (κ2) is 6.84. The Bertz CT molecular complexity index is 881. The van der Waals surface area contributed by atoms with Crippen molar-refractivity contribution in [3.63, 3.8) is 0 Å². The quantitative estimate of drug-likeness (QED) is 0.773. The van der Waals surface area contributed by atoms with Gasteiger partial charge in [-0.15, -0.1) is 10.2 Å². The number of piperidine rings is 1. The molecule has 1 aliphatic rings. The molecule has 3 heterocycles. The SMILES string of the molecule is Cn1cnnc1CC1(O)CCCN(c2ccnc(-c3ccccc3)n2)C1. The van der Waals surface area contributed by atoms with E-state index in [-0.39, 0.29) is 0 Å². The number of hydrogen-bond acceptors (Lipinski definition) is 6. The minimum Gasteiger partial charge on any atom is -0.388 e. The molecule has 1 aliphatic heterocycles. The fourth-order valence-corrected chi connectivity index (χ4v) is 3.47. The van der Waals surface area contributed by atoms with Crippen molar-refractivity contribution in [3.8, 4) is 11.4 Å². The highest BCUT2D eigenvalue weighted by molar-refractivity contribution is 5.57. The van der Waals surface area contributed by atoms with Crippen LogP contribution in [0.5, 0.6) is 0 Å². The van der Waals surface area contributed by atoms with E-state index in [1.165, 1.54) is 0 Å². The number of β-amino-alcohol motifs (C(OH)–C–C–N with tert-alkyl or cyclic N) is 1. The predicted octanol–water partition coefficient (Wildman–Crippen LogP) is 1.85. The highest BCUT2D eigenvalue weighted by atomic mass is 16.3. The van der Waals surface area contributed by atoms with Gasteiger partial charge in [0, 0.05) is 38.3 Å². The van der Waals surface area contributed by atoms with Gasteiger partial charge in [0.25, 0.3) is 0 Å². The Hall–Kier alpha value is -2.80. The zero-order chi connectivity index (χ0) is 18.0. The largest absolute Gasteiger partial charge is 0.388 e. The van der Waals surface area contributed by atoms with Crippen LogP contribution in [0, 0.1) is 0 Å². The van der Waals surface area contributed by atoms with E-state index >= 15 is 0 Å². The van der Waals surface area contributed by atoms with Crippen LogP contribution in [0.15, 0.2) is 48.9 Å². The van der Waals surface area contributed by atoms with Crippen LogP contribution in [0.2, 0.25) is 0 Å². The van der Waals surface area contributed by atoms with E-state index in [1.807, 2.05) is 48.0 Å². The van der Waals surface area contributed by atoms with Crippen molar-refractivity contribution in [2.75, 3.05) is 18.0 Å². The van der Waals surface area contributed by atoms with Gasteiger partial charge in [-0.3, -0.25) is 0 Å². The molecule has 7 heteroatoms. The van der Waals surface area contributed by atoms with Gasteiger partial charge in [0.2, 0.25) is 0 Å². The van der Waals surface area contributed by atoms with Gasteiger partial charge in [0.05, 0.1) is 5.60 Å². The summed E-state index contributed by atoms with van der Waals surface area (Å²) in [6, 6.07) is 11.8. The third-order valence-corrected chi connectivity index (χ3v) is 4.84. The monoisotopic (exact) mass is 350 g/mol. The van der Waals surface area contributed by atoms with Gasteiger partial charge in [-0.05, 0) is 18.9 Å². The van der Waals surface area contributed by atoms with Crippen molar-refractivity contribution in [2.24, 2.45) is 7.05 Å². The summed E-state index contributed by atoms with van der Waals surface area (Å²) in [4.78, 5) is 11.2. The number of anilines is 1. The zero-order valence-electron chi connectivity index (χ0n) is 14.8. The maximum atomic E-state index is 11.1. The van der Waals surface area contributed by atoms with E-state index in [2.05, 4.69) is 20.1 Å². The molecular weight excluding hydrogens is 328 g/mol. The van der Waals surface area contributed by atoms with Crippen molar-refractivity contribution < 1.29 is 5.11 Å². The Morgan fingerprint density at radius 1 is 1.19 bits per heavy atom. The molecule has 0 bridgehead atoms. The number of benzene rings is 1. The fourth-order valence-electron chi connectivity index (χ4n) is 3.47. The van der Waals surface area contributed by atoms with Crippen LogP contribution in [-0.4, -0.2) is 48.5 Å². The maximum absolute atomic E-state index is 11.1. The van der Waals surface area contributed by atoms with Gasteiger partial charge in [-0.25, -0.2) is 9.97 Å². The molecule has 7 nitrogen and oxygen atoms in total. The van der Waals surface area contributed by atoms with Crippen molar-refractivity contribution in [1.29, 1.82) is 0 Å². The molecule has 1 unspecified atom stereocenters. The third-order valence-electron chi connectivity index (χ3n) is 4.84. The summed E-state index contributed by atoms with van der Waals surface area (Å²) in [5.41, 5.74) is 0.150. The summed E-state index contributed by atoms with van der Waals surface area (Å²) in [5.74, 6) is 2.34. The second-order valence-electron chi connectivity index (χ2n) is 6.89. The number of aromatic nitrogens is 5. The molecule has 4 rings (SSSR count). The van der Waals surface area contributed by atoms with E-state index in [0.29, 0.717) is 18.8 Å². The van der Waals surface area contributed by atoms with E-state index in [4.69, 9.17) is 4.98 Å². The first-order chi connectivity index (χ1) is 12.6. The maximum Gasteiger partial charge on any atom is 0.161 e. The summed E-state index contributed by atoms with van der Waals surface area (Å²) in [5, 5.41) is 19.1. The van der Waals surface area contributed by atoms with Crippen LogP contribution in [0.1, 0.15) is 18.7 Å². The van der Waals surface area contributed by atoms with Crippen molar-refractivity contribution in [3.05, 3.63) is 54.7 Å². The van der Waals surface area contributed by atoms with Gasteiger partial charge in [-0.2, -0.15) is 0 Å². The summed E-state index contributed by atoms with van der Waals surface area (Å²) < 4.78 is 1.86. The molecule has 1 fully saturated rings. The number of nitrogens with zero attached hydrogens (tertiary/aromatic N) is 6. The Morgan fingerprint density at radius 3 is 2.81 bits per heavy atom. The van der Waals surface area contributed by atoms with Crippen LogP contribution in [-0.2, 0) is 13.5 Å². The molecule has 1 N–H and O–H groups in total. The Balaban J connectivity index is 1.55. The lowest BCUT2D eigenvalue weighted by atomic mass is 9.89. The van der Waals surface area contributed by atoms with Gasteiger partial charge in [0.15, 0.2) is 5.82 Å². The Labute approximate surface area is 152 Å². The van der Waals surface area contributed by atoms with E-state index in [9.17, 15) is 5.11 Å².